The van der Waals surface area contributed by atoms with Crippen LogP contribution in [0.5, 0.6) is 0 Å². The molecule has 0 aromatic heterocycles. The summed E-state index contributed by atoms with van der Waals surface area (Å²) >= 11 is 11.7. The maximum atomic E-state index is 5.85. The van der Waals surface area contributed by atoms with Crippen LogP contribution >= 0.6 is 24.4 Å². The maximum Gasteiger partial charge on any atom is 0.179 e. The zero-order valence-corrected chi connectivity index (χ0v) is 18.1. The van der Waals surface area contributed by atoms with Gasteiger partial charge < -0.3 is 4.90 Å². The molecule has 1 atom stereocenters. The Hall–Kier alpha value is -0.300. The smallest absolute Gasteiger partial charge is 0.179 e. The highest BCUT2D eigenvalue weighted by atomic mass is 32.1. The van der Waals surface area contributed by atoms with Crippen molar-refractivity contribution in [3.8, 4) is 0 Å². The van der Waals surface area contributed by atoms with Gasteiger partial charge in [0.1, 0.15) is 4.99 Å². The number of thiocarbonyl (C=S) groups is 2. The summed E-state index contributed by atoms with van der Waals surface area (Å²) in [6.45, 7) is 12.7. The molecule has 0 spiro atoms. The molecule has 1 unspecified atom stereocenters. The molecule has 0 saturated carbocycles. The highest BCUT2D eigenvalue weighted by molar-refractivity contribution is 7.82. The molecular formula is C18H36N4S2. The minimum absolute atomic E-state index is 0.154. The van der Waals surface area contributed by atoms with Crippen LogP contribution in [0, 0.1) is 0 Å². The molecule has 4 nitrogen and oxygen atoms in total. The zero-order chi connectivity index (χ0) is 18.3. The van der Waals surface area contributed by atoms with E-state index in [1.807, 2.05) is 0 Å². The second-order valence-corrected chi connectivity index (χ2v) is 7.97. The molecule has 1 rings (SSSR count). The van der Waals surface area contributed by atoms with Gasteiger partial charge in [-0.3, -0.25) is 14.7 Å². The average molecular weight is 373 g/mol. The van der Waals surface area contributed by atoms with Crippen molar-refractivity contribution in [1.29, 1.82) is 0 Å². The van der Waals surface area contributed by atoms with Crippen LogP contribution < -0.4 is 0 Å². The molecule has 0 radical (unpaired) electrons. The van der Waals surface area contributed by atoms with Crippen LogP contribution in [0.2, 0.25) is 0 Å². The minimum atomic E-state index is -0.154. The molecule has 24 heavy (non-hydrogen) atoms. The summed E-state index contributed by atoms with van der Waals surface area (Å²) in [5.74, 6) is 0. The number of hydrogen-bond acceptors (Lipinski definition) is 4. The Morgan fingerprint density at radius 3 is 1.88 bits per heavy atom. The zero-order valence-electron chi connectivity index (χ0n) is 16.5. The average Bonchev–Trinajstić information content (AvgIpc) is 2.74. The summed E-state index contributed by atoms with van der Waals surface area (Å²) < 4.78 is 0. The Kier molecular flexibility index (Phi) is 9.06. The van der Waals surface area contributed by atoms with Crippen molar-refractivity contribution in [3.63, 3.8) is 0 Å². The molecule has 6 heteroatoms. The molecule has 1 aliphatic heterocycles. The number of rotatable bonds is 11. The van der Waals surface area contributed by atoms with E-state index in [9.17, 15) is 0 Å². The third-order valence-electron chi connectivity index (χ3n) is 5.00. The monoisotopic (exact) mass is 372 g/mol. The fourth-order valence-electron chi connectivity index (χ4n) is 3.01. The molecule has 0 aromatic rings. The van der Waals surface area contributed by atoms with Gasteiger partial charge in [0.2, 0.25) is 0 Å². The molecular weight excluding hydrogens is 336 g/mol. The van der Waals surface area contributed by atoms with Crippen molar-refractivity contribution < 1.29 is 0 Å². The fraction of sp³-hybridized carbons (Fsp3) is 0.889. The van der Waals surface area contributed by atoms with Gasteiger partial charge in [0.05, 0.1) is 18.9 Å². The van der Waals surface area contributed by atoms with Crippen molar-refractivity contribution in [2.45, 2.75) is 65.3 Å². The second kappa shape index (κ2) is 10.00. The van der Waals surface area contributed by atoms with Gasteiger partial charge >= 0.3 is 0 Å². The largest absolute Gasteiger partial charge is 0.324 e. The van der Waals surface area contributed by atoms with E-state index in [2.05, 4.69) is 61.4 Å². The van der Waals surface area contributed by atoms with Crippen LogP contribution in [0.25, 0.3) is 0 Å². The number of unbranched alkanes of at least 4 members (excludes halogenated alkanes) is 2. The van der Waals surface area contributed by atoms with E-state index >= 15 is 0 Å². The van der Waals surface area contributed by atoms with Gasteiger partial charge in [-0.2, -0.15) is 0 Å². The third-order valence-corrected chi connectivity index (χ3v) is 6.11. The first-order valence-corrected chi connectivity index (χ1v) is 10.1. The van der Waals surface area contributed by atoms with Crippen LogP contribution in [-0.4, -0.2) is 75.8 Å². The molecule has 0 bridgehead atoms. The lowest BCUT2D eigenvalue weighted by atomic mass is 9.98. The molecule has 1 fully saturated rings. The maximum absolute atomic E-state index is 5.85. The highest BCUT2D eigenvalue weighted by Crippen LogP contribution is 2.32. The van der Waals surface area contributed by atoms with Gasteiger partial charge in [0, 0.05) is 0 Å². The van der Waals surface area contributed by atoms with E-state index in [1.165, 1.54) is 25.7 Å². The van der Waals surface area contributed by atoms with Crippen molar-refractivity contribution in [2.75, 3.05) is 40.5 Å². The van der Waals surface area contributed by atoms with E-state index < -0.39 is 0 Å². The van der Waals surface area contributed by atoms with E-state index in [0.29, 0.717) is 0 Å². The van der Waals surface area contributed by atoms with Gasteiger partial charge in [0.15, 0.2) is 5.11 Å². The SMILES string of the molecule is CCCCN(C)CN1C(=S)N(CN(C)CCCC)C(C)(CC)C1=S. The van der Waals surface area contributed by atoms with E-state index in [4.69, 9.17) is 24.4 Å². The molecule has 1 saturated heterocycles. The Morgan fingerprint density at radius 2 is 1.42 bits per heavy atom. The van der Waals surface area contributed by atoms with Gasteiger partial charge in [0.25, 0.3) is 0 Å². The molecule has 0 amide bonds. The molecule has 1 heterocycles. The Bertz CT molecular complexity index is 429. The van der Waals surface area contributed by atoms with Crippen LogP contribution in [0.4, 0.5) is 0 Å². The Morgan fingerprint density at radius 1 is 0.917 bits per heavy atom. The van der Waals surface area contributed by atoms with Crippen LogP contribution in [0.3, 0.4) is 0 Å². The molecule has 0 aromatic carbocycles. The summed E-state index contributed by atoms with van der Waals surface area (Å²) in [4.78, 5) is 10.1. The van der Waals surface area contributed by atoms with E-state index in [1.54, 1.807) is 0 Å². The predicted molar refractivity (Wildman–Crippen MR) is 112 cm³/mol. The summed E-state index contributed by atoms with van der Waals surface area (Å²) in [5, 5.41) is 0.885. The first-order chi connectivity index (χ1) is 11.3. The first kappa shape index (κ1) is 21.7. The summed E-state index contributed by atoms with van der Waals surface area (Å²) in [6.07, 6.45) is 5.82. The lowest BCUT2D eigenvalue weighted by Crippen LogP contribution is -2.50. The summed E-state index contributed by atoms with van der Waals surface area (Å²) in [5.41, 5.74) is -0.154. The quantitative estimate of drug-likeness (QED) is 0.509. The lowest BCUT2D eigenvalue weighted by Gasteiger charge is -2.36. The van der Waals surface area contributed by atoms with Gasteiger partial charge in [-0.1, -0.05) is 45.8 Å². The molecule has 0 aliphatic carbocycles. The third kappa shape index (κ3) is 5.10. The molecule has 0 N–H and O–H groups in total. The van der Waals surface area contributed by atoms with Crippen molar-refractivity contribution in [2.24, 2.45) is 0 Å². The molecule has 140 valence electrons. The summed E-state index contributed by atoms with van der Waals surface area (Å²) in [7, 11) is 4.33. The topological polar surface area (TPSA) is 13.0 Å². The standard InChI is InChI=1S/C18H36N4S2/c1-7-10-12-19(5)14-21-16(23)18(4,9-3)22(17(21)24)15-20(6)13-11-8-2/h7-15H2,1-6H3. The summed E-state index contributed by atoms with van der Waals surface area (Å²) in [6, 6.07) is 0. The number of hydrogen-bond donors (Lipinski definition) is 0. The Balaban J connectivity index is 2.83. The minimum Gasteiger partial charge on any atom is -0.324 e. The first-order valence-electron chi connectivity index (χ1n) is 9.32. The van der Waals surface area contributed by atoms with Crippen LogP contribution in [-0.2, 0) is 0 Å². The second-order valence-electron chi connectivity index (χ2n) is 7.22. The van der Waals surface area contributed by atoms with Gasteiger partial charge in [-0.25, -0.2) is 0 Å². The van der Waals surface area contributed by atoms with Crippen molar-refractivity contribution in [1.82, 2.24) is 19.6 Å². The lowest BCUT2D eigenvalue weighted by molar-refractivity contribution is 0.165. The number of nitrogens with zero attached hydrogens (tertiary/aromatic N) is 4. The Labute approximate surface area is 160 Å². The van der Waals surface area contributed by atoms with Crippen LogP contribution in [0.15, 0.2) is 0 Å². The van der Waals surface area contributed by atoms with Gasteiger partial charge in [-0.05, 0) is 65.6 Å². The predicted octanol–water partition coefficient (Wildman–Crippen LogP) is 3.76. The molecule has 1 aliphatic rings. The highest BCUT2D eigenvalue weighted by Gasteiger charge is 2.47. The van der Waals surface area contributed by atoms with Crippen molar-refractivity contribution in [3.05, 3.63) is 0 Å². The normalized spacial score (nSPS) is 21.7. The van der Waals surface area contributed by atoms with Gasteiger partial charge in [-0.15, -0.1) is 0 Å². The van der Waals surface area contributed by atoms with E-state index in [-0.39, 0.29) is 5.54 Å². The van der Waals surface area contributed by atoms with E-state index in [0.717, 1.165) is 42.9 Å². The fourth-order valence-corrected chi connectivity index (χ4v) is 3.88. The van der Waals surface area contributed by atoms with Crippen molar-refractivity contribution >= 4 is 34.5 Å². The van der Waals surface area contributed by atoms with Crippen LogP contribution in [0.1, 0.15) is 59.8 Å².